The summed E-state index contributed by atoms with van der Waals surface area (Å²) in [5, 5.41) is 22.2. The van der Waals surface area contributed by atoms with Crippen molar-refractivity contribution in [3.63, 3.8) is 0 Å². The third-order valence-corrected chi connectivity index (χ3v) is 5.77. The Morgan fingerprint density at radius 3 is 2.47 bits per heavy atom. The number of aryl methyl sites for hydroxylation is 2. The van der Waals surface area contributed by atoms with Crippen molar-refractivity contribution in [3.8, 4) is 5.75 Å². The lowest BCUT2D eigenvalue weighted by Gasteiger charge is -2.14. The normalized spacial score (nSPS) is 11.3. The van der Waals surface area contributed by atoms with Crippen LogP contribution < -0.4 is 15.5 Å². The molecule has 3 heterocycles. The predicted octanol–water partition coefficient (Wildman–Crippen LogP) is 5.23. The summed E-state index contributed by atoms with van der Waals surface area (Å²) in [5.41, 5.74) is 1.12. The molecule has 3 rings (SSSR count). The molecule has 10 heteroatoms. The van der Waals surface area contributed by atoms with Gasteiger partial charge in [0.05, 0.1) is 12.2 Å². The molecule has 3 N–H and O–H groups in total. The zero-order chi connectivity index (χ0) is 25.4. The van der Waals surface area contributed by atoms with E-state index in [1.165, 1.54) is 11.8 Å². The van der Waals surface area contributed by atoms with Crippen LogP contribution in [-0.2, 0) is 17.8 Å². The Labute approximate surface area is 203 Å². The minimum atomic E-state index is -0.437. The fourth-order valence-electron chi connectivity index (χ4n) is 2.94. The summed E-state index contributed by atoms with van der Waals surface area (Å²) < 4.78 is 10.7. The van der Waals surface area contributed by atoms with Crippen molar-refractivity contribution in [2.24, 2.45) is 0 Å². The monoisotopic (exact) mass is 488 g/mol. The third-order valence-electron chi connectivity index (χ3n) is 4.81. The number of furan rings is 1. The fraction of sp³-hybridized carbons (Fsp3) is 0.375. The zero-order valence-electron chi connectivity index (χ0n) is 20.6. The Kier molecular flexibility index (Phi) is 9.49. The molecule has 0 aromatic carbocycles. The van der Waals surface area contributed by atoms with Crippen LogP contribution in [0, 0.1) is 6.92 Å². The highest BCUT2D eigenvalue weighted by Gasteiger charge is 2.24. The third kappa shape index (κ3) is 6.28. The second-order valence-corrected chi connectivity index (χ2v) is 8.12. The number of anilines is 2. The second kappa shape index (κ2) is 12.1. The minimum absolute atomic E-state index is 0.121. The fourth-order valence-corrected chi connectivity index (χ4v) is 3.81. The largest absolute Gasteiger partial charge is 0.504 e. The molecule has 0 unspecified atom stereocenters. The number of nitrogens with zero attached hydrogens (tertiary/aromatic N) is 2. The van der Waals surface area contributed by atoms with E-state index in [-0.39, 0.29) is 27.8 Å². The molecule has 0 saturated carbocycles. The number of carbonyl (C=O) groups is 2. The molecule has 0 aliphatic carbocycles. The highest BCUT2D eigenvalue weighted by atomic mass is 32.1. The minimum Gasteiger partial charge on any atom is -0.504 e. The maximum absolute atomic E-state index is 12.9. The van der Waals surface area contributed by atoms with E-state index in [9.17, 15) is 14.7 Å². The van der Waals surface area contributed by atoms with Gasteiger partial charge < -0.3 is 24.7 Å². The van der Waals surface area contributed by atoms with E-state index in [0.29, 0.717) is 30.2 Å². The van der Waals surface area contributed by atoms with Gasteiger partial charge in [0.2, 0.25) is 0 Å². The molecule has 0 fully saturated rings. The number of carbonyl (C=O) groups excluding carboxylic acids is 2. The molecule has 0 radical (unpaired) electrons. The first-order valence-electron chi connectivity index (χ1n) is 11.0. The summed E-state index contributed by atoms with van der Waals surface area (Å²) in [6.07, 6.45) is 0.653. The van der Waals surface area contributed by atoms with E-state index < -0.39 is 5.91 Å². The quantitative estimate of drug-likeness (QED) is 0.350. The van der Waals surface area contributed by atoms with E-state index in [1.54, 1.807) is 25.4 Å². The SMILES string of the molecule is CC.CCc1cc(N(C)C(=O)c2scc(N/C(C(C)=O)=C(/C)NCc3ccc(C)o3)c2O)no1. The molecular formula is C24H32N4O5S. The summed E-state index contributed by atoms with van der Waals surface area (Å²) in [5.74, 6) is 1.64. The molecule has 0 aliphatic rings. The van der Waals surface area contributed by atoms with Crippen LogP contribution in [0.3, 0.4) is 0 Å². The summed E-state index contributed by atoms with van der Waals surface area (Å²) in [6, 6.07) is 5.39. The molecule has 0 saturated heterocycles. The molecule has 3 aromatic heterocycles. The standard InChI is InChI=1S/C22H26N4O5S.C2H6/c1-6-15-9-18(25-31-15)26(5)22(29)21-20(28)17(11-32-21)24-19(14(4)27)13(3)23-10-16-8-7-12(2)30-16;1-2/h7-9,11,23-24,28H,6,10H2,1-5H3;1-2H3/b19-13-;. The summed E-state index contributed by atoms with van der Waals surface area (Å²) in [7, 11) is 1.55. The molecule has 0 aliphatic heterocycles. The van der Waals surface area contributed by atoms with Crippen LogP contribution in [0.1, 0.15) is 61.6 Å². The van der Waals surface area contributed by atoms with E-state index in [1.807, 2.05) is 39.8 Å². The number of nitrogens with one attached hydrogen (secondary N) is 2. The van der Waals surface area contributed by atoms with Crippen molar-refractivity contribution >= 4 is 34.5 Å². The number of rotatable bonds is 9. The van der Waals surface area contributed by atoms with Crippen LogP contribution in [0.4, 0.5) is 11.5 Å². The Bertz CT molecular complexity index is 1160. The van der Waals surface area contributed by atoms with Gasteiger partial charge in [-0.05, 0) is 26.0 Å². The highest BCUT2D eigenvalue weighted by Crippen LogP contribution is 2.36. The smallest absolute Gasteiger partial charge is 0.273 e. The van der Waals surface area contributed by atoms with Crippen LogP contribution in [0.2, 0.25) is 0 Å². The number of ketones is 1. The second-order valence-electron chi connectivity index (χ2n) is 7.24. The van der Waals surface area contributed by atoms with Crippen molar-refractivity contribution < 1.29 is 23.6 Å². The van der Waals surface area contributed by atoms with Crippen LogP contribution in [-0.4, -0.2) is 29.0 Å². The van der Waals surface area contributed by atoms with Crippen LogP contribution in [0.15, 0.2) is 43.9 Å². The number of aromatic hydroxyl groups is 1. The predicted molar refractivity (Wildman–Crippen MR) is 133 cm³/mol. The van der Waals surface area contributed by atoms with Crippen molar-refractivity contribution in [1.82, 2.24) is 10.5 Å². The molecule has 9 nitrogen and oxygen atoms in total. The molecule has 0 spiro atoms. The maximum atomic E-state index is 12.9. The number of amides is 1. The Morgan fingerprint density at radius 1 is 1.21 bits per heavy atom. The molecular weight excluding hydrogens is 456 g/mol. The van der Waals surface area contributed by atoms with Crippen LogP contribution in [0.25, 0.3) is 0 Å². The van der Waals surface area contributed by atoms with Gasteiger partial charge in [-0.2, -0.15) is 0 Å². The topological polar surface area (TPSA) is 121 Å². The number of Topliss-reactive ketones (excluding diaryl/α,β-unsaturated/α-hetero) is 1. The summed E-state index contributed by atoms with van der Waals surface area (Å²) in [4.78, 5) is 26.5. The Morgan fingerprint density at radius 2 is 1.91 bits per heavy atom. The molecule has 184 valence electrons. The molecule has 1 amide bonds. The number of hydrogen-bond donors (Lipinski definition) is 3. The van der Waals surface area contributed by atoms with Crippen molar-refractivity contribution in [1.29, 1.82) is 0 Å². The molecule has 3 aromatic rings. The van der Waals surface area contributed by atoms with E-state index in [2.05, 4.69) is 15.8 Å². The first kappa shape index (κ1) is 26.7. The zero-order valence-corrected chi connectivity index (χ0v) is 21.4. The van der Waals surface area contributed by atoms with E-state index in [0.717, 1.165) is 22.9 Å². The highest BCUT2D eigenvalue weighted by molar-refractivity contribution is 7.13. The number of aromatic nitrogens is 1. The van der Waals surface area contributed by atoms with Crippen LogP contribution >= 0.6 is 11.3 Å². The lowest BCUT2D eigenvalue weighted by molar-refractivity contribution is -0.113. The van der Waals surface area contributed by atoms with Gasteiger partial charge in [0.15, 0.2) is 17.4 Å². The van der Waals surface area contributed by atoms with Gasteiger partial charge >= 0.3 is 0 Å². The van der Waals surface area contributed by atoms with Gasteiger partial charge in [-0.3, -0.25) is 14.5 Å². The van der Waals surface area contributed by atoms with E-state index >= 15 is 0 Å². The lowest BCUT2D eigenvalue weighted by atomic mass is 10.2. The number of thiophene rings is 1. The van der Waals surface area contributed by atoms with Crippen molar-refractivity contribution in [3.05, 3.63) is 57.1 Å². The Balaban J connectivity index is 0.00000199. The number of hydrogen-bond acceptors (Lipinski definition) is 9. The van der Waals surface area contributed by atoms with Gasteiger partial charge in [-0.1, -0.05) is 25.9 Å². The van der Waals surface area contributed by atoms with Gasteiger partial charge in [-0.25, -0.2) is 0 Å². The molecule has 0 atom stereocenters. The van der Waals surface area contributed by atoms with Crippen LogP contribution in [0.5, 0.6) is 5.75 Å². The van der Waals surface area contributed by atoms with Gasteiger partial charge in [0.25, 0.3) is 5.91 Å². The first-order chi connectivity index (χ1) is 16.2. The number of allylic oxidation sites excluding steroid dienone is 2. The van der Waals surface area contributed by atoms with Gasteiger partial charge in [-0.15, -0.1) is 11.3 Å². The van der Waals surface area contributed by atoms with Gasteiger partial charge in [0, 0.05) is 37.5 Å². The lowest BCUT2D eigenvalue weighted by Crippen LogP contribution is -2.25. The first-order valence-corrected chi connectivity index (χ1v) is 11.9. The van der Waals surface area contributed by atoms with E-state index in [4.69, 9.17) is 8.94 Å². The van der Waals surface area contributed by atoms with Gasteiger partial charge in [0.1, 0.15) is 27.9 Å². The average molecular weight is 489 g/mol. The average Bonchev–Trinajstić information content (AvgIpc) is 3.56. The maximum Gasteiger partial charge on any atom is 0.273 e. The van der Waals surface area contributed by atoms with Crippen molar-refractivity contribution in [2.45, 2.75) is 54.5 Å². The summed E-state index contributed by atoms with van der Waals surface area (Å²) in [6.45, 7) is 11.3. The molecule has 34 heavy (non-hydrogen) atoms. The molecule has 0 bridgehead atoms. The van der Waals surface area contributed by atoms with Crippen molar-refractivity contribution in [2.75, 3.05) is 17.3 Å². The summed E-state index contributed by atoms with van der Waals surface area (Å²) >= 11 is 1.07. The Hall–Kier alpha value is -3.53.